The van der Waals surface area contributed by atoms with Gasteiger partial charge < -0.3 is 5.11 Å². The summed E-state index contributed by atoms with van der Waals surface area (Å²) in [7, 11) is 1.85. The number of hydrogen-bond acceptors (Lipinski definition) is 3. The maximum Gasteiger partial charge on any atom is 0.0828 e. The molecule has 13 heavy (non-hydrogen) atoms. The molecule has 1 aromatic heterocycles. The monoisotopic (exact) mass is 183 g/mol. The third kappa shape index (κ3) is 3.55. The smallest absolute Gasteiger partial charge is 0.0828 e. The van der Waals surface area contributed by atoms with Crippen molar-refractivity contribution < 1.29 is 5.11 Å². The zero-order chi connectivity index (χ0) is 9.68. The quantitative estimate of drug-likeness (QED) is 0.738. The number of rotatable bonds is 5. The van der Waals surface area contributed by atoms with Crippen molar-refractivity contribution in [1.82, 2.24) is 15.0 Å². The maximum atomic E-state index is 9.46. The van der Waals surface area contributed by atoms with Crippen LogP contribution in [-0.4, -0.2) is 26.2 Å². The number of aliphatic hydroxyl groups excluding tert-OH is 1. The SMILES string of the molecule is CCCC(O)CCc1cn(C)nn1. The first-order valence-corrected chi connectivity index (χ1v) is 4.75. The molecule has 1 N–H and O–H groups in total. The van der Waals surface area contributed by atoms with Crippen molar-refractivity contribution in [2.24, 2.45) is 7.05 Å². The third-order valence-corrected chi connectivity index (χ3v) is 2.01. The number of aliphatic hydroxyl groups is 1. The van der Waals surface area contributed by atoms with Gasteiger partial charge >= 0.3 is 0 Å². The molecule has 0 aromatic carbocycles. The fourth-order valence-electron chi connectivity index (χ4n) is 1.30. The van der Waals surface area contributed by atoms with E-state index < -0.39 is 0 Å². The van der Waals surface area contributed by atoms with Crippen molar-refractivity contribution in [3.63, 3.8) is 0 Å². The van der Waals surface area contributed by atoms with E-state index in [1.165, 1.54) is 0 Å². The molecule has 0 fully saturated rings. The predicted octanol–water partition coefficient (Wildman–Crippen LogP) is 0.909. The van der Waals surface area contributed by atoms with E-state index >= 15 is 0 Å². The van der Waals surface area contributed by atoms with Crippen LogP contribution in [0, 0.1) is 0 Å². The second-order valence-electron chi connectivity index (χ2n) is 3.36. The van der Waals surface area contributed by atoms with Crippen molar-refractivity contribution in [1.29, 1.82) is 0 Å². The molecule has 1 aromatic rings. The van der Waals surface area contributed by atoms with Crippen LogP contribution in [0.15, 0.2) is 6.20 Å². The van der Waals surface area contributed by atoms with Gasteiger partial charge in [0.15, 0.2) is 0 Å². The van der Waals surface area contributed by atoms with Gasteiger partial charge in [0.2, 0.25) is 0 Å². The number of nitrogens with zero attached hydrogens (tertiary/aromatic N) is 3. The van der Waals surface area contributed by atoms with Gasteiger partial charge in [0.05, 0.1) is 11.8 Å². The van der Waals surface area contributed by atoms with E-state index in [4.69, 9.17) is 0 Å². The van der Waals surface area contributed by atoms with Crippen molar-refractivity contribution in [2.45, 2.75) is 38.7 Å². The standard InChI is InChI=1S/C9H17N3O/c1-3-4-9(13)6-5-8-7-12(2)11-10-8/h7,9,13H,3-6H2,1-2H3. The average Bonchev–Trinajstić information content (AvgIpc) is 2.49. The molecule has 1 unspecified atom stereocenters. The summed E-state index contributed by atoms with van der Waals surface area (Å²) in [6.45, 7) is 2.07. The molecule has 0 aliphatic heterocycles. The Labute approximate surface area is 78.6 Å². The first-order chi connectivity index (χ1) is 6.22. The summed E-state index contributed by atoms with van der Waals surface area (Å²) in [5.41, 5.74) is 0.956. The molecule has 0 aliphatic rings. The van der Waals surface area contributed by atoms with Crippen LogP contribution in [0.25, 0.3) is 0 Å². The molecule has 0 aliphatic carbocycles. The minimum absolute atomic E-state index is 0.188. The van der Waals surface area contributed by atoms with Crippen LogP contribution in [0.2, 0.25) is 0 Å². The number of aromatic nitrogens is 3. The van der Waals surface area contributed by atoms with E-state index in [0.717, 1.165) is 31.4 Å². The van der Waals surface area contributed by atoms with Gasteiger partial charge in [-0.05, 0) is 19.3 Å². The molecule has 0 bridgehead atoms. The molecule has 0 saturated heterocycles. The van der Waals surface area contributed by atoms with Gasteiger partial charge in [-0.3, -0.25) is 4.68 Å². The van der Waals surface area contributed by atoms with Crippen molar-refractivity contribution in [3.8, 4) is 0 Å². The first kappa shape index (κ1) is 10.2. The highest BCUT2D eigenvalue weighted by Crippen LogP contribution is 2.05. The number of hydrogen-bond donors (Lipinski definition) is 1. The van der Waals surface area contributed by atoms with Gasteiger partial charge in [-0.25, -0.2) is 0 Å². The average molecular weight is 183 g/mol. The van der Waals surface area contributed by atoms with Crippen LogP contribution in [0.4, 0.5) is 0 Å². The molecule has 4 heteroatoms. The Balaban J connectivity index is 2.26. The molecule has 74 valence electrons. The van der Waals surface area contributed by atoms with Crippen LogP contribution in [0.3, 0.4) is 0 Å². The van der Waals surface area contributed by atoms with E-state index in [2.05, 4.69) is 17.2 Å². The Morgan fingerprint density at radius 1 is 1.54 bits per heavy atom. The Bertz CT molecular complexity index is 247. The van der Waals surface area contributed by atoms with Gasteiger partial charge in [-0.1, -0.05) is 18.6 Å². The Kier molecular flexibility index (Phi) is 3.89. The number of aryl methyl sites for hydroxylation is 2. The van der Waals surface area contributed by atoms with Gasteiger partial charge in [0.1, 0.15) is 0 Å². The minimum Gasteiger partial charge on any atom is -0.393 e. The van der Waals surface area contributed by atoms with Gasteiger partial charge in [0, 0.05) is 13.2 Å². The molecule has 4 nitrogen and oxygen atoms in total. The Morgan fingerprint density at radius 2 is 2.31 bits per heavy atom. The van der Waals surface area contributed by atoms with Crippen LogP contribution >= 0.6 is 0 Å². The van der Waals surface area contributed by atoms with E-state index in [0.29, 0.717) is 0 Å². The molecule has 1 atom stereocenters. The van der Waals surface area contributed by atoms with E-state index in [-0.39, 0.29) is 6.10 Å². The Hall–Kier alpha value is -0.900. The third-order valence-electron chi connectivity index (χ3n) is 2.01. The summed E-state index contributed by atoms with van der Waals surface area (Å²) in [6.07, 6.45) is 5.20. The molecular formula is C9H17N3O. The summed E-state index contributed by atoms with van der Waals surface area (Å²) in [5, 5.41) is 17.2. The van der Waals surface area contributed by atoms with E-state index in [1.54, 1.807) is 4.68 Å². The van der Waals surface area contributed by atoms with Gasteiger partial charge in [0.25, 0.3) is 0 Å². The van der Waals surface area contributed by atoms with E-state index in [1.807, 2.05) is 13.2 Å². The van der Waals surface area contributed by atoms with Gasteiger partial charge in [-0.15, -0.1) is 5.10 Å². The van der Waals surface area contributed by atoms with Crippen LogP contribution < -0.4 is 0 Å². The lowest BCUT2D eigenvalue weighted by atomic mass is 10.1. The van der Waals surface area contributed by atoms with Crippen LogP contribution in [0.1, 0.15) is 31.9 Å². The zero-order valence-electron chi connectivity index (χ0n) is 8.27. The fourth-order valence-corrected chi connectivity index (χ4v) is 1.30. The zero-order valence-corrected chi connectivity index (χ0v) is 8.27. The topological polar surface area (TPSA) is 50.9 Å². The van der Waals surface area contributed by atoms with Gasteiger partial charge in [-0.2, -0.15) is 0 Å². The predicted molar refractivity (Wildman–Crippen MR) is 50.2 cm³/mol. The van der Waals surface area contributed by atoms with Crippen molar-refractivity contribution in [2.75, 3.05) is 0 Å². The summed E-state index contributed by atoms with van der Waals surface area (Å²) in [4.78, 5) is 0. The first-order valence-electron chi connectivity index (χ1n) is 4.75. The lowest BCUT2D eigenvalue weighted by molar-refractivity contribution is 0.153. The minimum atomic E-state index is -0.188. The van der Waals surface area contributed by atoms with Crippen molar-refractivity contribution in [3.05, 3.63) is 11.9 Å². The second-order valence-corrected chi connectivity index (χ2v) is 3.36. The van der Waals surface area contributed by atoms with Crippen molar-refractivity contribution >= 4 is 0 Å². The molecule has 0 amide bonds. The lowest BCUT2D eigenvalue weighted by Gasteiger charge is -2.06. The maximum absolute atomic E-state index is 9.46. The summed E-state index contributed by atoms with van der Waals surface area (Å²) in [5.74, 6) is 0. The molecule has 0 saturated carbocycles. The van der Waals surface area contributed by atoms with Crippen LogP contribution in [0.5, 0.6) is 0 Å². The highest BCUT2D eigenvalue weighted by atomic mass is 16.3. The molecule has 0 spiro atoms. The van der Waals surface area contributed by atoms with E-state index in [9.17, 15) is 5.11 Å². The summed E-state index contributed by atoms with van der Waals surface area (Å²) in [6, 6.07) is 0. The molecular weight excluding hydrogens is 166 g/mol. The summed E-state index contributed by atoms with van der Waals surface area (Å²) < 4.78 is 1.68. The molecule has 0 radical (unpaired) electrons. The normalized spacial score (nSPS) is 13.2. The lowest BCUT2D eigenvalue weighted by Crippen LogP contribution is -2.07. The molecule has 1 heterocycles. The Morgan fingerprint density at radius 3 is 2.85 bits per heavy atom. The highest BCUT2D eigenvalue weighted by Gasteiger charge is 2.04. The molecule has 1 rings (SSSR count). The fraction of sp³-hybridized carbons (Fsp3) is 0.778. The largest absolute Gasteiger partial charge is 0.393 e. The summed E-state index contributed by atoms with van der Waals surface area (Å²) >= 11 is 0. The second kappa shape index (κ2) is 4.97. The highest BCUT2D eigenvalue weighted by molar-refractivity contribution is 4.92. The van der Waals surface area contributed by atoms with Crippen LogP contribution in [-0.2, 0) is 13.5 Å².